The molecule has 0 atom stereocenters. The van der Waals surface area contributed by atoms with E-state index in [1.807, 2.05) is 0 Å². The van der Waals surface area contributed by atoms with Crippen molar-refractivity contribution in [3.05, 3.63) is 52.1 Å². The van der Waals surface area contributed by atoms with Gasteiger partial charge in [0.25, 0.3) is 0 Å². The largest absolute Gasteiger partial charge is 0.477 e. The second-order valence-electron chi connectivity index (χ2n) is 7.41. The highest BCUT2D eigenvalue weighted by atomic mass is 19.2. The lowest BCUT2D eigenvalue weighted by Gasteiger charge is -2.36. The van der Waals surface area contributed by atoms with Gasteiger partial charge in [0, 0.05) is 45.0 Å². The number of halogens is 3. The molecule has 1 N–H and O–H groups in total. The normalized spacial score (nSPS) is 17.7. The summed E-state index contributed by atoms with van der Waals surface area (Å²) in [6.45, 7) is 5.93. The fourth-order valence-electron chi connectivity index (χ4n) is 3.89. The first kappa shape index (κ1) is 19.5. The lowest BCUT2D eigenvalue weighted by molar-refractivity contribution is 0.0694. The van der Waals surface area contributed by atoms with Gasteiger partial charge in [0.15, 0.2) is 17.5 Å². The van der Waals surface area contributed by atoms with E-state index < -0.39 is 45.5 Å². The van der Waals surface area contributed by atoms with Crippen molar-refractivity contribution >= 4 is 22.6 Å². The number of aromatic carboxylic acids is 1. The number of piperazine rings is 1. The van der Waals surface area contributed by atoms with Gasteiger partial charge in [-0.3, -0.25) is 9.69 Å². The van der Waals surface area contributed by atoms with Crippen LogP contribution in [0.2, 0.25) is 0 Å². The number of hydrogen-bond donors (Lipinski definition) is 1. The van der Waals surface area contributed by atoms with E-state index in [1.54, 1.807) is 6.08 Å². The number of carboxylic acids is 1. The van der Waals surface area contributed by atoms with Crippen molar-refractivity contribution in [2.24, 2.45) is 0 Å². The van der Waals surface area contributed by atoms with Crippen molar-refractivity contribution in [3.63, 3.8) is 0 Å². The van der Waals surface area contributed by atoms with Crippen LogP contribution in [0, 0.1) is 17.5 Å². The maximum Gasteiger partial charge on any atom is 0.341 e. The molecule has 1 aliphatic heterocycles. The Bertz CT molecular complexity index is 1070. The molecular formula is C20H20F3N3O3. The number of nitrogens with zero attached hydrogens (tertiary/aromatic N) is 3. The Hall–Kier alpha value is -2.81. The Morgan fingerprint density at radius 3 is 2.34 bits per heavy atom. The van der Waals surface area contributed by atoms with E-state index in [2.05, 4.69) is 11.5 Å². The van der Waals surface area contributed by atoms with E-state index in [1.165, 1.54) is 9.47 Å². The van der Waals surface area contributed by atoms with E-state index in [0.717, 1.165) is 6.20 Å². The zero-order chi connectivity index (χ0) is 20.9. The average Bonchev–Trinajstić information content (AvgIpc) is 3.52. The Labute approximate surface area is 164 Å². The predicted molar refractivity (Wildman–Crippen MR) is 102 cm³/mol. The highest BCUT2D eigenvalue weighted by molar-refractivity contribution is 5.94. The summed E-state index contributed by atoms with van der Waals surface area (Å²) >= 11 is 0. The third-order valence-electron chi connectivity index (χ3n) is 5.52. The van der Waals surface area contributed by atoms with Gasteiger partial charge in [-0.05, 0) is 12.8 Å². The molecule has 154 valence electrons. The molecule has 2 heterocycles. The summed E-state index contributed by atoms with van der Waals surface area (Å²) in [6.07, 6.45) is 4.06. The first-order valence-corrected chi connectivity index (χ1v) is 9.42. The van der Waals surface area contributed by atoms with Crippen molar-refractivity contribution in [2.45, 2.75) is 18.9 Å². The molecular weight excluding hydrogens is 387 g/mol. The number of carbonyl (C=O) groups is 1. The molecule has 9 heteroatoms. The fraction of sp³-hybridized carbons (Fsp3) is 0.400. The second-order valence-corrected chi connectivity index (χ2v) is 7.41. The molecule has 2 aliphatic rings. The van der Waals surface area contributed by atoms with Gasteiger partial charge in [0.2, 0.25) is 5.43 Å². The molecule has 0 bridgehead atoms. The van der Waals surface area contributed by atoms with Crippen LogP contribution in [-0.2, 0) is 0 Å². The summed E-state index contributed by atoms with van der Waals surface area (Å²) < 4.78 is 46.7. The van der Waals surface area contributed by atoms with Crippen LogP contribution in [0.15, 0.2) is 23.6 Å². The third-order valence-corrected chi connectivity index (χ3v) is 5.52. The van der Waals surface area contributed by atoms with Crippen LogP contribution in [0.1, 0.15) is 29.2 Å². The van der Waals surface area contributed by atoms with Crippen LogP contribution in [0.25, 0.3) is 10.9 Å². The number of hydrogen-bond acceptors (Lipinski definition) is 4. The lowest BCUT2D eigenvalue weighted by Crippen LogP contribution is -2.47. The topological polar surface area (TPSA) is 65.8 Å². The molecule has 0 amide bonds. The summed E-state index contributed by atoms with van der Waals surface area (Å²) in [5.74, 6) is -5.56. The molecule has 1 aromatic carbocycles. The van der Waals surface area contributed by atoms with Crippen molar-refractivity contribution in [1.29, 1.82) is 0 Å². The van der Waals surface area contributed by atoms with Gasteiger partial charge < -0.3 is 14.6 Å². The second kappa shape index (κ2) is 7.22. The highest BCUT2D eigenvalue weighted by Gasteiger charge is 2.34. The van der Waals surface area contributed by atoms with E-state index in [-0.39, 0.29) is 24.6 Å². The van der Waals surface area contributed by atoms with Gasteiger partial charge in [0.1, 0.15) is 11.3 Å². The van der Waals surface area contributed by atoms with Crippen molar-refractivity contribution in [2.75, 3.05) is 37.6 Å². The van der Waals surface area contributed by atoms with Gasteiger partial charge in [-0.1, -0.05) is 6.08 Å². The minimum atomic E-state index is -1.56. The molecule has 1 aromatic heterocycles. The molecule has 0 radical (unpaired) electrons. The smallest absolute Gasteiger partial charge is 0.341 e. The molecule has 4 rings (SSSR count). The molecule has 6 nitrogen and oxygen atoms in total. The van der Waals surface area contributed by atoms with E-state index >= 15 is 4.39 Å². The highest BCUT2D eigenvalue weighted by Crippen LogP contribution is 2.40. The van der Waals surface area contributed by atoms with Crippen LogP contribution in [-0.4, -0.2) is 53.3 Å². The number of pyridine rings is 1. The minimum Gasteiger partial charge on any atom is -0.477 e. The molecule has 1 aliphatic carbocycles. The van der Waals surface area contributed by atoms with Crippen LogP contribution in [0.3, 0.4) is 0 Å². The quantitative estimate of drug-likeness (QED) is 0.610. The number of rotatable bonds is 5. The Balaban J connectivity index is 1.91. The SMILES string of the molecule is C=CCN1CCN(c2c(F)c(F)c3c(=O)c(C(=O)O)cn(C4CC4)c3c2F)CC1. The summed E-state index contributed by atoms with van der Waals surface area (Å²) in [5, 5.41) is 8.42. The summed E-state index contributed by atoms with van der Waals surface area (Å²) in [6, 6.07) is -0.243. The van der Waals surface area contributed by atoms with Crippen molar-refractivity contribution in [1.82, 2.24) is 9.47 Å². The standard InChI is InChI=1S/C20H20F3N3O3/c1-2-5-24-6-8-25(9-7-24)18-15(22)14(21)13-17(16(18)23)26(11-3-4-11)10-12(19(13)27)20(28)29/h2,10-11H,1,3-9H2,(H,28,29). The summed E-state index contributed by atoms with van der Waals surface area (Å²) in [7, 11) is 0. The number of fused-ring (bicyclic) bond motifs is 1. The molecule has 1 saturated carbocycles. The Morgan fingerprint density at radius 2 is 1.79 bits per heavy atom. The first-order valence-electron chi connectivity index (χ1n) is 9.42. The van der Waals surface area contributed by atoms with Gasteiger partial charge in [-0.2, -0.15) is 0 Å². The van der Waals surface area contributed by atoms with Crippen molar-refractivity contribution < 1.29 is 23.1 Å². The molecule has 2 fully saturated rings. The summed E-state index contributed by atoms with van der Waals surface area (Å²) in [4.78, 5) is 27.4. The molecule has 2 aromatic rings. The van der Waals surface area contributed by atoms with Crippen LogP contribution < -0.4 is 10.3 Å². The van der Waals surface area contributed by atoms with Gasteiger partial charge >= 0.3 is 5.97 Å². The number of anilines is 1. The van der Waals surface area contributed by atoms with Gasteiger partial charge in [-0.25, -0.2) is 18.0 Å². The molecule has 29 heavy (non-hydrogen) atoms. The zero-order valence-electron chi connectivity index (χ0n) is 15.6. The lowest BCUT2D eigenvalue weighted by atomic mass is 10.1. The third kappa shape index (κ3) is 3.19. The fourth-order valence-corrected chi connectivity index (χ4v) is 3.89. The van der Waals surface area contributed by atoms with E-state index in [4.69, 9.17) is 0 Å². The van der Waals surface area contributed by atoms with Crippen LogP contribution >= 0.6 is 0 Å². The maximum absolute atomic E-state index is 15.5. The predicted octanol–water partition coefficient (Wildman–Crippen LogP) is 2.76. The monoisotopic (exact) mass is 407 g/mol. The minimum absolute atomic E-state index is 0.243. The van der Waals surface area contributed by atoms with E-state index in [9.17, 15) is 23.5 Å². The van der Waals surface area contributed by atoms with E-state index in [0.29, 0.717) is 32.5 Å². The van der Waals surface area contributed by atoms with Gasteiger partial charge in [-0.15, -0.1) is 6.58 Å². The van der Waals surface area contributed by atoms with Crippen LogP contribution in [0.4, 0.5) is 18.9 Å². The first-order chi connectivity index (χ1) is 13.8. The maximum atomic E-state index is 15.5. The number of aromatic nitrogens is 1. The van der Waals surface area contributed by atoms with Gasteiger partial charge in [0.05, 0.1) is 10.9 Å². The Morgan fingerprint density at radius 1 is 1.14 bits per heavy atom. The number of benzene rings is 1. The zero-order valence-corrected chi connectivity index (χ0v) is 15.6. The summed E-state index contributed by atoms with van der Waals surface area (Å²) in [5.41, 5.74) is -2.80. The molecule has 1 saturated heterocycles. The van der Waals surface area contributed by atoms with Crippen LogP contribution in [0.5, 0.6) is 0 Å². The van der Waals surface area contributed by atoms with Crippen molar-refractivity contribution in [3.8, 4) is 0 Å². The average molecular weight is 407 g/mol. The Kier molecular flexibility index (Phi) is 4.85. The molecule has 0 unspecified atom stereocenters. The molecule has 0 spiro atoms. The number of carboxylic acid groups (broad SMARTS) is 1.